The van der Waals surface area contributed by atoms with Crippen LogP contribution in [-0.4, -0.2) is 30.3 Å². The van der Waals surface area contributed by atoms with Gasteiger partial charge < -0.3 is 14.5 Å². The molecule has 2 aromatic heterocycles. The second kappa shape index (κ2) is 5.29. The number of aromatic amines is 1. The van der Waals surface area contributed by atoms with E-state index in [1.807, 2.05) is 6.07 Å². The Morgan fingerprint density at radius 3 is 3.06 bits per heavy atom. The van der Waals surface area contributed by atoms with Crippen molar-refractivity contribution in [2.24, 2.45) is 0 Å². The van der Waals surface area contributed by atoms with E-state index in [9.17, 15) is 4.79 Å². The number of hydrogen-bond donors (Lipinski definition) is 1. The van der Waals surface area contributed by atoms with E-state index in [4.69, 9.17) is 14.7 Å². The molecular weight excluding hydrogens is 234 g/mol. The highest BCUT2D eigenvalue weighted by Gasteiger charge is 2.13. The van der Waals surface area contributed by atoms with Crippen molar-refractivity contribution in [2.75, 3.05) is 20.3 Å². The van der Waals surface area contributed by atoms with Gasteiger partial charge in [0.05, 0.1) is 18.3 Å². The molecule has 0 aliphatic rings. The number of ether oxygens (including phenoxy) is 2. The van der Waals surface area contributed by atoms with Crippen LogP contribution >= 0.6 is 0 Å². The number of methoxy groups -OCH3 is 1. The Morgan fingerprint density at radius 1 is 1.50 bits per heavy atom. The summed E-state index contributed by atoms with van der Waals surface area (Å²) in [7, 11) is 1.55. The van der Waals surface area contributed by atoms with Crippen LogP contribution in [-0.2, 0) is 4.74 Å². The molecule has 18 heavy (non-hydrogen) atoms. The SMILES string of the molecule is COCCOc1c(C#N)c(=O)[nH]c2cnccc12. The van der Waals surface area contributed by atoms with E-state index in [1.165, 1.54) is 6.20 Å². The van der Waals surface area contributed by atoms with Crippen molar-refractivity contribution in [3.8, 4) is 11.8 Å². The number of nitrogens with one attached hydrogen (secondary N) is 1. The second-order valence-corrected chi connectivity index (χ2v) is 3.53. The highest BCUT2D eigenvalue weighted by molar-refractivity contribution is 5.86. The van der Waals surface area contributed by atoms with E-state index < -0.39 is 5.56 Å². The molecule has 0 fully saturated rings. The summed E-state index contributed by atoms with van der Waals surface area (Å²) in [5, 5.41) is 9.67. The Labute approximate surface area is 103 Å². The van der Waals surface area contributed by atoms with Gasteiger partial charge in [0.1, 0.15) is 12.7 Å². The molecule has 92 valence electrons. The predicted molar refractivity (Wildman–Crippen MR) is 64.4 cm³/mol. The van der Waals surface area contributed by atoms with Crippen LogP contribution in [0.1, 0.15) is 5.56 Å². The molecule has 0 aromatic carbocycles. The maximum absolute atomic E-state index is 11.7. The third-order valence-corrected chi connectivity index (χ3v) is 2.41. The van der Waals surface area contributed by atoms with E-state index in [2.05, 4.69) is 9.97 Å². The summed E-state index contributed by atoms with van der Waals surface area (Å²) < 4.78 is 10.3. The average Bonchev–Trinajstić information content (AvgIpc) is 2.38. The van der Waals surface area contributed by atoms with Crippen molar-refractivity contribution in [3.05, 3.63) is 34.4 Å². The van der Waals surface area contributed by atoms with Crippen molar-refractivity contribution < 1.29 is 9.47 Å². The van der Waals surface area contributed by atoms with Gasteiger partial charge in [-0.1, -0.05) is 0 Å². The minimum atomic E-state index is -0.481. The quantitative estimate of drug-likeness (QED) is 0.805. The minimum Gasteiger partial charge on any atom is -0.489 e. The van der Waals surface area contributed by atoms with Crippen molar-refractivity contribution in [2.45, 2.75) is 0 Å². The zero-order valence-electron chi connectivity index (χ0n) is 9.77. The molecule has 2 heterocycles. The molecule has 0 unspecified atom stereocenters. The number of rotatable bonds is 4. The number of aromatic nitrogens is 2. The minimum absolute atomic E-state index is 0.0372. The predicted octanol–water partition coefficient (Wildman–Crippen LogP) is 0.820. The van der Waals surface area contributed by atoms with Crippen molar-refractivity contribution in [1.82, 2.24) is 9.97 Å². The number of H-pyrrole nitrogens is 1. The van der Waals surface area contributed by atoms with Gasteiger partial charge in [0.25, 0.3) is 5.56 Å². The van der Waals surface area contributed by atoms with Gasteiger partial charge in [0.2, 0.25) is 0 Å². The summed E-state index contributed by atoms with van der Waals surface area (Å²) in [4.78, 5) is 18.2. The Hall–Kier alpha value is -2.39. The lowest BCUT2D eigenvalue weighted by molar-refractivity contribution is 0.147. The lowest BCUT2D eigenvalue weighted by Crippen LogP contribution is -2.14. The van der Waals surface area contributed by atoms with Gasteiger partial charge in [0.15, 0.2) is 11.3 Å². The summed E-state index contributed by atoms with van der Waals surface area (Å²) in [6.45, 7) is 0.649. The van der Waals surface area contributed by atoms with E-state index in [-0.39, 0.29) is 17.9 Å². The van der Waals surface area contributed by atoms with Crippen LogP contribution in [0.15, 0.2) is 23.3 Å². The van der Waals surface area contributed by atoms with E-state index >= 15 is 0 Å². The van der Waals surface area contributed by atoms with Gasteiger partial charge in [-0.3, -0.25) is 9.78 Å². The molecule has 0 radical (unpaired) electrons. The first-order valence-electron chi connectivity index (χ1n) is 5.29. The standard InChI is InChI=1S/C12H11N3O3/c1-17-4-5-18-11-8-2-3-14-7-10(8)15-12(16)9(11)6-13/h2-3,7H,4-5H2,1H3,(H,15,16). The molecule has 0 saturated heterocycles. The van der Waals surface area contributed by atoms with Gasteiger partial charge in [-0.05, 0) is 6.07 Å². The van der Waals surface area contributed by atoms with Crippen molar-refractivity contribution in [3.63, 3.8) is 0 Å². The van der Waals surface area contributed by atoms with Gasteiger partial charge in [-0.2, -0.15) is 5.26 Å². The molecule has 6 nitrogen and oxygen atoms in total. The fraction of sp³-hybridized carbons (Fsp3) is 0.250. The molecule has 0 bridgehead atoms. The van der Waals surface area contributed by atoms with Crippen LogP contribution in [0.5, 0.6) is 5.75 Å². The molecule has 0 saturated carbocycles. The van der Waals surface area contributed by atoms with Crippen LogP contribution in [0, 0.1) is 11.3 Å². The number of hydrogen-bond acceptors (Lipinski definition) is 5. The normalized spacial score (nSPS) is 10.2. The van der Waals surface area contributed by atoms with Crippen LogP contribution < -0.4 is 10.3 Å². The summed E-state index contributed by atoms with van der Waals surface area (Å²) in [6.07, 6.45) is 3.09. The topological polar surface area (TPSA) is 88.0 Å². The Morgan fingerprint density at radius 2 is 2.33 bits per heavy atom. The van der Waals surface area contributed by atoms with E-state index in [1.54, 1.807) is 19.4 Å². The van der Waals surface area contributed by atoms with Gasteiger partial charge >= 0.3 is 0 Å². The Kier molecular flexibility index (Phi) is 3.55. The highest BCUT2D eigenvalue weighted by atomic mass is 16.5. The first-order valence-corrected chi connectivity index (χ1v) is 5.29. The van der Waals surface area contributed by atoms with Gasteiger partial charge in [0, 0.05) is 18.7 Å². The Bertz CT molecular complexity index is 658. The molecule has 2 aromatic rings. The third-order valence-electron chi connectivity index (χ3n) is 2.41. The molecule has 0 amide bonds. The second-order valence-electron chi connectivity index (χ2n) is 3.53. The summed E-state index contributed by atoms with van der Waals surface area (Å²) in [5.41, 5.74) is 0.0177. The third kappa shape index (κ3) is 2.17. The van der Waals surface area contributed by atoms with Crippen LogP contribution in [0.2, 0.25) is 0 Å². The summed E-state index contributed by atoms with van der Waals surface area (Å²) >= 11 is 0. The zero-order valence-corrected chi connectivity index (χ0v) is 9.77. The molecular formula is C12H11N3O3. The maximum Gasteiger partial charge on any atom is 0.270 e. The number of nitrogens with zero attached hydrogens (tertiary/aromatic N) is 2. The van der Waals surface area contributed by atoms with Crippen LogP contribution in [0.4, 0.5) is 0 Å². The first-order chi connectivity index (χ1) is 8.77. The van der Waals surface area contributed by atoms with E-state index in [0.717, 1.165) is 0 Å². The van der Waals surface area contributed by atoms with E-state index in [0.29, 0.717) is 17.5 Å². The molecule has 0 spiro atoms. The number of fused-ring (bicyclic) bond motifs is 1. The molecule has 0 atom stereocenters. The monoisotopic (exact) mass is 245 g/mol. The van der Waals surface area contributed by atoms with Crippen molar-refractivity contribution >= 4 is 10.9 Å². The highest BCUT2D eigenvalue weighted by Crippen LogP contribution is 2.24. The molecule has 1 N–H and O–H groups in total. The van der Waals surface area contributed by atoms with Crippen LogP contribution in [0.3, 0.4) is 0 Å². The maximum atomic E-state index is 11.7. The fourth-order valence-corrected chi connectivity index (χ4v) is 1.59. The lowest BCUT2D eigenvalue weighted by Gasteiger charge is -2.09. The Balaban J connectivity index is 2.58. The molecule has 2 rings (SSSR count). The van der Waals surface area contributed by atoms with Crippen LogP contribution in [0.25, 0.3) is 10.9 Å². The van der Waals surface area contributed by atoms with Gasteiger partial charge in [-0.15, -0.1) is 0 Å². The largest absolute Gasteiger partial charge is 0.489 e. The smallest absolute Gasteiger partial charge is 0.270 e. The zero-order chi connectivity index (χ0) is 13.0. The number of nitriles is 1. The number of pyridine rings is 2. The molecule has 0 aliphatic carbocycles. The first kappa shape index (κ1) is 12.1. The van der Waals surface area contributed by atoms with Gasteiger partial charge in [-0.25, -0.2) is 0 Å². The summed E-state index contributed by atoms with van der Waals surface area (Å²) in [6, 6.07) is 3.54. The fourth-order valence-electron chi connectivity index (χ4n) is 1.59. The lowest BCUT2D eigenvalue weighted by atomic mass is 10.2. The summed E-state index contributed by atoms with van der Waals surface area (Å²) in [5.74, 6) is 0.274. The van der Waals surface area contributed by atoms with Crippen molar-refractivity contribution in [1.29, 1.82) is 5.26 Å². The molecule has 0 aliphatic heterocycles. The molecule has 6 heteroatoms. The average molecular weight is 245 g/mol.